The van der Waals surface area contributed by atoms with Gasteiger partial charge < -0.3 is 81.1 Å². The van der Waals surface area contributed by atoms with Gasteiger partial charge in [0.25, 0.3) is 16.7 Å². The van der Waals surface area contributed by atoms with E-state index in [1.165, 1.54) is 47.9 Å². The predicted octanol–water partition coefficient (Wildman–Crippen LogP) is -3.57. The van der Waals surface area contributed by atoms with Gasteiger partial charge in [-0.05, 0) is 19.9 Å². The van der Waals surface area contributed by atoms with Crippen LogP contribution >= 0.6 is 31.3 Å². The van der Waals surface area contributed by atoms with Crippen LogP contribution in [0.3, 0.4) is 0 Å². The quantitative estimate of drug-likeness (QED) is 0.0202. The fourth-order valence-corrected chi connectivity index (χ4v) is 15.8. The first kappa shape index (κ1) is 75.3. The molecule has 5 aliphatic heterocycles. The molecule has 5 fully saturated rings. The molecular weight excluding hydrogens is 1470 g/mol. The van der Waals surface area contributed by atoms with E-state index >= 15 is 0 Å². The van der Waals surface area contributed by atoms with Gasteiger partial charge in [-0.1, -0.05) is 0 Å². The Bertz CT molecular complexity index is 4880. The highest BCUT2D eigenvalue weighted by molar-refractivity contribution is 7.48. The van der Waals surface area contributed by atoms with Gasteiger partial charge >= 0.3 is 48.4 Å². The molecule has 20 atom stereocenters. The van der Waals surface area contributed by atoms with Gasteiger partial charge in [-0.2, -0.15) is 9.97 Å². The predicted molar refractivity (Wildman–Crippen MR) is 340 cm³/mol. The second kappa shape index (κ2) is 30.2. The number of rotatable bonds is 29. The maximum atomic E-state index is 14.5. The number of ether oxygens (including phenoxy) is 6. The Labute approximate surface area is 574 Å². The summed E-state index contributed by atoms with van der Waals surface area (Å²) in [4.78, 5) is 153. The lowest BCUT2D eigenvalue weighted by molar-refractivity contribution is -0.0744. The first-order chi connectivity index (χ1) is 48.7. The molecule has 17 N–H and O–H groups in total. The van der Waals surface area contributed by atoms with Gasteiger partial charge in [0.15, 0.2) is 28.9 Å². The molecule has 48 nitrogen and oxygen atoms in total. The number of phosphoric ester groups is 4. The molecule has 7 aromatic rings. The number of aliphatic hydroxyl groups excluding tert-OH is 2. The van der Waals surface area contributed by atoms with E-state index in [2.05, 4.69) is 44.9 Å². The Hall–Kier alpha value is -7.38. The minimum Gasteiger partial charge on any atom is -0.394 e. The van der Waals surface area contributed by atoms with E-state index in [9.17, 15) is 76.8 Å². The van der Waals surface area contributed by atoms with Gasteiger partial charge in [-0.3, -0.25) is 88.4 Å². The van der Waals surface area contributed by atoms with Gasteiger partial charge in [-0.25, -0.2) is 52.6 Å². The van der Waals surface area contributed by atoms with Crippen LogP contribution in [0.1, 0.15) is 67.9 Å². The van der Waals surface area contributed by atoms with Crippen molar-refractivity contribution in [2.24, 2.45) is 5.73 Å². The van der Waals surface area contributed by atoms with Crippen LogP contribution in [0, 0.1) is 13.8 Å². The molecule has 562 valence electrons. The summed E-state index contributed by atoms with van der Waals surface area (Å²) >= 11 is 0. The van der Waals surface area contributed by atoms with Crippen LogP contribution in [0.2, 0.25) is 0 Å². The fourth-order valence-electron chi connectivity index (χ4n) is 11.9. The maximum absolute atomic E-state index is 14.5. The van der Waals surface area contributed by atoms with Gasteiger partial charge in [0, 0.05) is 61.9 Å². The summed E-state index contributed by atoms with van der Waals surface area (Å²) in [5.74, 6) is -0.514. The Morgan fingerprint density at radius 1 is 0.553 bits per heavy atom. The van der Waals surface area contributed by atoms with Crippen molar-refractivity contribution >= 4 is 71.2 Å². The van der Waals surface area contributed by atoms with Crippen molar-refractivity contribution in [3.05, 3.63) is 117 Å². The molecule has 0 bridgehead atoms. The van der Waals surface area contributed by atoms with Crippen LogP contribution in [0.15, 0.2) is 72.4 Å². The smallest absolute Gasteiger partial charge is 0.394 e. The molecule has 0 saturated carbocycles. The van der Waals surface area contributed by atoms with E-state index in [0.29, 0.717) is 0 Å². The number of aliphatic hydroxyl groups is 2. The summed E-state index contributed by atoms with van der Waals surface area (Å²) in [6, 6.07) is 1.21. The number of aromatic nitrogens is 14. The first-order valence-corrected chi connectivity index (χ1v) is 36.9. The molecule has 0 radical (unpaired) electrons. The van der Waals surface area contributed by atoms with Gasteiger partial charge in [-0.15, -0.1) is 0 Å². The molecule has 5 aliphatic rings. The van der Waals surface area contributed by atoms with Crippen LogP contribution in [-0.4, -0.2) is 211 Å². The van der Waals surface area contributed by atoms with Crippen LogP contribution in [0.5, 0.6) is 0 Å². The second-order valence-corrected chi connectivity index (χ2v) is 29.4. The standard InChI is InChI=1S/C51H68N18O30P4/c1-21-11-66(50(76)63-44(21)72)33-7-23(71)28(92-33)14-87-100(78,79)97-25-9-34(65-5-3-32(53)60-49(65)75)93-29(25)16-89-103(84,85)99-39-31(95-47(40(39)86-6-4-52)67-12-22(2)45(73)64-51(67)77)17-90-102(82,83)98-26-10-35(68-19-58-37-41(54)56-18-57-42(37)68)94-30(26)15-88-101(80,81)96-24-8-36(91-27(24)13-70)69-20-59-38-43(69)61-48(55)62-46(38)74/h3,5,11-12,18-20,23-31,33-36,39-40,47,70-71H,4,6-10,13-17,52H2,1-2H3,(H,78,79)(H,80,81)(H,82,83)(H,84,85)(H2,53,60,75)(H2,54,56,57)(H,63,72,76)(H,64,73,77)(H3,55,61,62,74)/t23-,24-,25-,26-,27+,28+,29+,30+,31+,33+,34+,35+,36+,39+,40+,47+/m0/s1. The summed E-state index contributed by atoms with van der Waals surface area (Å²) in [5, 5.41) is 21.1. The van der Waals surface area contributed by atoms with Gasteiger partial charge in [0.05, 0.1) is 58.4 Å². The molecule has 4 unspecified atom stereocenters. The Balaban J connectivity index is 0.763. The molecule has 5 saturated heterocycles. The third-order valence-corrected chi connectivity index (χ3v) is 20.8. The molecule has 12 rings (SSSR count). The van der Waals surface area contributed by atoms with Crippen molar-refractivity contribution in [1.29, 1.82) is 0 Å². The van der Waals surface area contributed by atoms with Crippen molar-refractivity contribution in [2.75, 3.05) is 63.4 Å². The van der Waals surface area contributed by atoms with Crippen LogP contribution < -0.4 is 56.7 Å². The zero-order valence-corrected chi connectivity index (χ0v) is 57.1. The average Bonchev–Trinajstić information content (AvgIpc) is 1.65. The molecule has 7 aromatic heterocycles. The highest BCUT2D eigenvalue weighted by Gasteiger charge is 2.54. The number of hydrogen-bond acceptors (Lipinski definition) is 36. The maximum Gasteiger partial charge on any atom is 0.472 e. The van der Waals surface area contributed by atoms with E-state index in [-0.39, 0.29) is 70.4 Å². The minimum atomic E-state index is -5.71. The monoisotopic (exact) mass is 1540 g/mol. The lowest BCUT2D eigenvalue weighted by Crippen LogP contribution is -2.41. The number of nitrogens with zero attached hydrogens (tertiary/aromatic N) is 11. The molecule has 52 heteroatoms. The van der Waals surface area contributed by atoms with E-state index in [0.717, 1.165) is 32.4 Å². The molecule has 103 heavy (non-hydrogen) atoms. The van der Waals surface area contributed by atoms with Gasteiger partial charge in [0.1, 0.15) is 104 Å². The van der Waals surface area contributed by atoms with Crippen molar-refractivity contribution < 1.29 is 113 Å². The largest absolute Gasteiger partial charge is 0.472 e. The lowest BCUT2D eigenvalue weighted by Gasteiger charge is -2.28. The lowest BCUT2D eigenvalue weighted by atomic mass is 10.1. The molecule has 0 aliphatic carbocycles. The number of aryl methyl sites for hydroxylation is 2. The molecule has 0 spiro atoms. The van der Waals surface area contributed by atoms with E-state index < -0.39 is 216 Å². The topological polar surface area (TPSA) is 675 Å². The van der Waals surface area contributed by atoms with Crippen molar-refractivity contribution in [1.82, 2.24) is 67.7 Å². The van der Waals surface area contributed by atoms with Gasteiger partial charge in [0.2, 0.25) is 5.95 Å². The Kier molecular flexibility index (Phi) is 22.1. The van der Waals surface area contributed by atoms with Crippen molar-refractivity contribution in [3.8, 4) is 0 Å². The third kappa shape index (κ3) is 16.8. The van der Waals surface area contributed by atoms with E-state index in [1.807, 2.05) is 0 Å². The molecule has 0 aromatic carbocycles. The summed E-state index contributed by atoms with van der Waals surface area (Å²) in [6.45, 7) is -2.80. The highest BCUT2D eigenvalue weighted by Crippen LogP contribution is 2.55. The summed E-state index contributed by atoms with van der Waals surface area (Å²) in [7, 11) is -21.9. The van der Waals surface area contributed by atoms with E-state index in [1.54, 1.807) is 0 Å². The third-order valence-electron chi connectivity index (χ3n) is 16.8. The fraction of sp³-hybridized carbons (Fsp3) is 0.569. The molecule has 0 amide bonds. The summed E-state index contributed by atoms with van der Waals surface area (Å²) in [6.07, 6.45) is -19.1. The number of phosphoric acid groups is 4. The second-order valence-electron chi connectivity index (χ2n) is 23.8. The van der Waals surface area contributed by atoms with Crippen LogP contribution in [0.25, 0.3) is 22.3 Å². The number of anilines is 3. The normalized spacial score (nSPS) is 29.7. The molecular formula is C51H68N18O30P4. The number of nitrogens with two attached hydrogens (primary N) is 4. The zero-order chi connectivity index (χ0) is 73.8. The number of nitrogens with one attached hydrogen (secondary N) is 3. The average molecular weight is 1540 g/mol. The van der Waals surface area contributed by atoms with E-state index in [4.69, 9.17) is 87.5 Å². The summed E-state index contributed by atoms with van der Waals surface area (Å²) < 4.78 is 142. The van der Waals surface area contributed by atoms with Crippen molar-refractivity contribution in [3.63, 3.8) is 0 Å². The zero-order valence-electron chi connectivity index (χ0n) is 53.6. The minimum absolute atomic E-state index is 0.0213. The van der Waals surface area contributed by atoms with Crippen LogP contribution in [-0.2, 0) is 82.9 Å². The Morgan fingerprint density at radius 2 is 1.05 bits per heavy atom. The number of nitrogen functional groups attached to an aromatic ring is 3. The highest BCUT2D eigenvalue weighted by atomic mass is 31.2. The van der Waals surface area contributed by atoms with Crippen molar-refractivity contribution in [2.45, 2.75) is 138 Å². The Morgan fingerprint density at radius 3 is 1.63 bits per heavy atom. The number of hydrogen-bond donors (Lipinski definition) is 13. The van der Waals surface area contributed by atoms with Crippen LogP contribution in [0.4, 0.5) is 17.6 Å². The summed E-state index contributed by atoms with van der Waals surface area (Å²) in [5.41, 5.74) is 18.3. The number of imidazole rings is 2. The molecule has 12 heterocycles. The number of fused-ring (bicyclic) bond motifs is 2. The number of aromatic amines is 3. The SMILES string of the molecule is Cc1cn([C@@H]2O[C@H](COP(=O)(O)O[C@H]3C[C@H](n4cnc5c(N)ncnc54)O[C@@H]3COP(=O)(O)O[C@H]3C[C@H](n4cnc5c(=O)[nH]c(N)nc54)O[C@@H]3CO)[C@@H](OP(=O)(O)OC[C@H]3O[C@@H](n4ccc(N)nc4=O)C[C@@H]3OP(=O)(O)OC[C@H]3O[C@@H](n4cc(C)c(=O)[nH]c4=O)C[C@@H]3O)[C@H]2OCCN)c(=O)[nH]c1=O. The number of H-pyrrole nitrogens is 3. The first-order valence-electron chi connectivity index (χ1n) is 30.9.